The molecule has 1 aromatic carbocycles. The van der Waals surface area contributed by atoms with Crippen LogP contribution < -0.4 is 5.32 Å². The average Bonchev–Trinajstić information content (AvgIpc) is 2.67. The second-order valence-corrected chi connectivity index (χ2v) is 6.86. The molecule has 0 aromatic heterocycles. The first kappa shape index (κ1) is 15.9. The Balaban J connectivity index is 2.18. The highest BCUT2D eigenvalue weighted by atomic mass is 79.9. The lowest BCUT2D eigenvalue weighted by molar-refractivity contribution is 0.153. The van der Waals surface area contributed by atoms with Crippen LogP contribution in [0, 0.1) is 5.82 Å². The summed E-state index contributed by atoms with van der Waals surface area (Å²) in [5.41, 5.74) is -0.188. The van der Waals surface area contributed by atoms with Crippen molar-refractivity contribution in [2.24, 2.45) is 0 Å². The van der Waals surface area contributed by atoms with Crippen LogP contribution in [0.5, 0.6) is 0 Å². The van der Waals surface area contributed by atoms with Crippen LogP contribution in [0.25, 0.3) is 0 Å². The van der Waals surface area contributed by atoms with Crippen LogP contribution in [-0.2, 0) is 5.54 Å². The van der Waals surface area contributed by atoms with Gasteiger partial charge in [-0.2, -0.15) is 0 Å². The van der Waals surface area contributed by atoms with E-state index in [1.54, 1.807) is 6.07 Å². The molecular weight excluding hydrogens is 321 g/mol. The molecule has 0 bridgehead atoms. The van der Waals surface area contributed by atoms with Crippen molar-refractivity contribution in [2.45, 2.75) is 57.0 Å². The summed E-state index contributed by atoms with van der Waals surface area (Å²) in [6, 6.07) is 5.39. The van der Waals surface area contributed by atoms with Crippen LogP contribution in [-0.4, -0.2) is 17.8 Å². The SMILES string of the molecule is CC(CO)(NC1CCCCCC1)c1ccc(Br)cc1F. The molecule has 0 aliphatic heterocycles. The van der Waals surface area contributed by atoms with Crippen LogP contribution in [0.3, 0.4) is 0 Å². The van der Waals surface area contributed by atoms with Gasteiger partial charge in [0.05, 0.1) is 12.1 Å². The van der Waals surface area contributed by atoms with Gasteiger partial charge in [0.15, 0.2) is 0 Å². The molecule has 1 aliphatic carbocycles. The molecule has 2 rings (SSSR count). The Morgan fingerprint density at radius 3 is 2.50 bits per heavy atom. The molecule has 1 fully saturated rings. The van der Waals surface area contributed by atoms with E-state index in [1.165, 1.54) is 31.7 Å². The second kappa shape index (κ2) is 7.01. The maximum atomic E-state index is 14.2. The highest BCUT2D eigenvalue weighted by Gasteiger charge is 2.31. The average molecular weight is 344 g/mol. The van der Waals surface area contributed by atoms with Crippen molar-refractivity contribution in [2.75, 3.05) is 6.61 Å². The van der Waals surface area contributed by atoms with E-state index < -0.39 is 5.54 Å². The molecule has 0 amide bonds. The molecule has 1 atom stereocenters. The van der Waals surface area contributed by atoms with Crippen molar-refractivity contribution in [1.82, 2.24) is 5.32 Å². The number of rotatable bonds is 4. The molecule has 112 valence electrons. The molecule has 1 saturated carbocycles. The summed E-state index contributed by atoms with van der Waals surface area (Å²) in [5, 5.41) is 13.3. The van der Waals surface area contributed by atoms with E-state index in [9.17, 15) is 9.50 Å². The first-order chi connectivity index (χ1) is 9.55. The molecule has 1 aromatic rings. The number of aliphatic hydroxyl groups is 1. The van der Waals surface area contributed by atoms with E-state index >= 15 is 0 Å². The van der Waals surface area contributed by atoms with E-state index in [0.29, 0.717) is 16.1 Å². The second-order valence-electron chi connectivity index (χ2n) is 5.95. The molecule has 1 aliphatic rings. The fourth-order valence-electron chi connectivity index (χ4n) is 3.02. The summed E-state index contributed by atoms with van der Waals surface area (Å²) >= 11 is 3.27. The third kappa shape index (κ3) is 3.80. The zero-order valence-electron chi connectivity index (χ0n) is 12.0. The first-order valence-electron chi connectivity index (χ1n) is 7.39. The highest BCUT2D eigenvalue weighted by Crippen LogP contribution is 2.28. The highest BCUT2D eigenvalue weighted by molar-refractivity contribution is 9.10. The van der Waals surface area contributed by atoms with Gasteiger partial charge in [-0.25, -0.2) is 4.39 Å². The Bertz CT molecular complexity index is 446. The lowest BCUT2D eigenvalue weighted by Gasteiger charge is -2.34. The minimum atomic E-state index is -0.722. The van der Waals surface area contributed by atoms with E-state index in [-0.39, 0.29) is 12.4 Å². The van der Waals surface area contributed by atoms with Gasteiger partial charge >= 0.3 is 0 Å². The fraction of sp³-hybridized carbons (Fsp3) is 0.625. The van der Waals surface area contributed by atoms with Crippen molar-refractivity contribution < 1.29 is 9.50 Å². The van der Waals surface area contributed by atoms with Gasteiger partial charge in [-0.05, 0) is 31.9 Å². The van der Waals surface area contributed by atoms with Crippen LogP contribution in [0.15, 0.2) is 22.7 Å². The van der Waals surface area contributed by atoms with Crippen LogP contribution in [0.1, 0.15) is 51.0 Å². The van der Waals surface area contributed by atoms with Crippen LogP contribution in [0.2, 0.25) is 0 Å². The van der Waals surface area contributed by atoms with Crippen molar-refractivity contribution in [3.63, 3.8) is 0 Å². The van der Waals surface area contributed by atoms with Crippen molar-refractivity contribution >= 4 is 15.9 Å². The fourth-order valence-corrected chi connectivity index (χ4v) is 3.35. The zero-order valence-corrected chi connectivity index (χ0v) is 13.5. The Hall–Kier alpha value is -0.450. The van der Waals surface area contributed by atoms with Crippen molar-refractivity contribution in [1.29, 1.82) is 0 Å². The summed E-state index contributed by atoms with van der Waals surface area (Å²) in [6.07, 6.45) is 7.19. The largest absolute Gasteiger partial charge is 0.394 e. The summed E-state index contributed by atoms with van der Waals surface area (Å²) in [4.78, 5) is 0. The van der Waals surface area contributed by atoms with Crippen molar-refractivity contribution in [3.8, 4) is 0 Å². The third-order valence-corrected chi connectivity index (χ3v) is 4.71. The van der Waals surface area contributed by atoms with Gasteiger partial charge in [-0.1, -0.05) is 47.7 Å². The van der Waals surface area contributed by atoms with Gasteiger partial charge in [0, 0.05) is 16.1 Å². The molecule has 2 N–H and O–H groups in total. The lowest BCUT2D eigenvalue weighted by atomic mass is 9.90. The number of benzene rings is 1. The molecule has 0 saturated heterocycles. The Labute approximate surface area is 128 Å². The zero-order chi connectivity index (χ0) is 14.6. The van der Waals surface area contributed by atoms with E-state index in [4.69, 9.17) is 0 Å². The third-order valence-electron chi connectivity index (χ3n) is 4.22. The van der Waals surface area contributed by atoms with Gasteiger partial charge in [0.1, 0.15) is 5.82 Å². The predicted molar refractivity (Wildman–Crippen MR) is 83.2 cm³/mol. The molecule has 0 radical (unpaired) electrons. The molecule has 20 heavy (non-hydrogen) atoms. The van der Waals surface area contributed by atoms with Gasteiger partial charge in [0.25, 0.3) is 0 Å². The van der Waals surface area contributed by atoms with Gasteiger partial charge < -0.3 is 10.4 Å². The normalized spacial score (nSPS) is 20.4. The minimum Gasteiger partial charge on any atom is -0.394 e. The number of aliphatic hydroxyl groups excluding tert-OH is 1. The smallest absolute Gasteiger partial charge is 0.129 e. The molecule has 2 nitrogen and oxygen atoms in total. The van der Waals surface area contributed by atoms with Gasteiger partial charge in [0.2, 0.25) is 0 Å². The molecule has 1 unspecified atom stereocenters. The maximum Gasteiger partial charge on any atom is 0.129 e. The quantitative estimate of drug-likeness (QED) is 0.806. The van der Waals surface area contributed by atoms with Gasteiger partial charge in [-0.3, -0.25) is 0 Å². The molecule has 0 spiro atoms. The molecule has 4 heteroatoms. The predicted octanol–water partition coefficient (Wildman–Crippen LogP) is 4.11. The monoisotopic (exact) mass is 343 g/mol. The number of halogens is 2. The topological polar surface area (TPSA) is 32.3 Å². The minimum absolute atomic E-state index is 0.109. The number of nitrogens with one attached hydrogen (secondary N) is 1. The first-order valence-corrected chi connectivity index (χ1v) is 8.18. The summed E-state index contributed by atoms with van der Waals surface area (Å²) in [6.45, 7) is 1.77. The van der Waals surface area contributed by atoms with Crippen LogP contribution in [0.4, 0.5) is 4.39 Å². The summed E-state index contributed by atoms with van der Waals surface area (Å²) < 4.78 is 14.9. The lowest BCUT2D eigenvalue weighted by Crippen LogP contribution is -2.48. The summed E-state index contributed by atoms with van der Waals surface area (Å²) in [7, 11) is 0. The van der Waals surface area contributed by atoms with E-state index in [2.05, 4.69) is 21.2 Å². The Morgan fingerprint density at radius 2 is 1.95 bits per heavy atom. The number of hydrogen-bond donors (Lipinski definition) is 2. The van der Waals surface area contributed by atoms with Crippen LogP contribution >= 0.6 is 15.9 Å². The Morgan fingerprint density at radius 1 is 1.30 bits per heavy atom. The molecule has 0 heterocycles. The van der Waals surface area contributed by atoms with E-state index in [1.807, 2.05) is 13.0 Å². The summed E-state index contributed by atoms with van der Waals surface area (Å²) in [5.74, 6) is -0.281. The maximum absolute atomic E-state index is 14.2. The van der Waals surface area contributed by atoms with Gasteiger partial charge in [-0.15, -0.1) is 0 Å². The van der Waals surface area contributed by atoms with E-state index in [0.717, 1.165) is 12.8 Å². The number of hydrogen-bond acceptors (Lipinski definition) is 2. The Kier molecular flexibility index (Phi) is 5.58. The standard InChI is InChI=1S/C16H23BrFNO/c1-16(11-20,14-9-8-12(17)10-15(14)18)19-13-6-4-2-3-5-7-13/h8-10,13,19-20H,2-7,11H2,1H3. The van der Waals surface area contributed by atoms with Crippen molar-refractivity contribution in [3.05, 3.63) is 34.1 Å². The molecular formula is C16H23BrFNO.